The van der Waals surface area contributed by atoms with Crippen LogP contribution >= 0.6 is 0 Å². The van der Waals surface area contributed by atoms with Crippen molar-refractivity contribution in [2.24, 2.45) is 5.92 Å². The number of piperidine rings is 1. The standard InChI is InChI=1S/C14H15F6NO2/c15-13(16,17)22-11-2-1-10(7-9-3-5-21-6-4-9)8-12(11)23-14(18,19)20/h1-2,8-9,21H,3-7H2. The molecule has 0 spiro atoms. The van der Waals surface area contributed by atoms with E-state index in [1.165, 1.54) is 6.07 Å². The highest BCUT2D eigenvalue weighted by Gasteiger charge is 2.36. The van der Waals surface area contributed by atoms with Crippen LogP contribution in [-0.4, -0.2) is 25.8 Å². The zero-order valence-electron chi connectivity index (χ0n) is 11.9. The van der Waals surface area contributed by atoms with Gasteiger partial charge in [-0.25, -0.2) is 0 Å². The number of nitrogens with one attached hydrogen (secondary N) is 1. The second-order valence-electron chi connectivity index (χ2n) is 5.27. The summed E-state index contributed by atoms with van der Waals surface area (Å²) in [6.45, 7) is 1.62. The van der Waals surface area contributed by atoms with Crippen LogP contribution in [0.4, 0.5) is 26.3 Å². The van der Waals surface area contributed by atoms with Gasteiger partial charge < -0.3 is 14.8 Å². The predicted octanol–water partition coefficient (Wildman–Crippen LogP) is 4.03. The van der Waals surface area contributed by atoms with E-state index in [0.717, 1.165) is 38.1 Å². The van der Waals surface area contributed by atoms with E-state index in [-0.39, 0.29) is 5.92 Å². The topological polar surface area (TPSA) is 30.5 Å². The first kappa shape index (κ1) is 17.7. The molecule has 0 saturated carbocycles. The normalized spacial score (nSPS) is 17.1. The van der Waals surface area contributed by atoms with Gasteiger partial charge in [-0.05, 0) is 56.0 Å². The summed E-state index contributed by atoms with van der Waals surface area (Å²) in [6.07, 6.45) is -8.01. The molecule has 1 aliphatic rings. The van der Waals surface area contributed by atoms with Gasteiger partial charge in [-0.2, -0.15) is 0 Å². The minimum atomic E-state index is -5.10. The Bertz CT molecular complexity index is 523. The largest absolute Gasteiger partial charge is 0.573 e. The lowest BCUT2D eigenvalue weighted by atomic mass is 9.91. The molecule has 3 nitrogen and oxygen atoms in total. The fourth-order valence-electron chi connectivity index (χ4n) is 2.51. The third-order valence-corrected chi connectivity index (χ3v) is 3.44. The number of halogens is 6. The van der Waals surface area contributed by atoms with E-state index >= 15 is 0 Å². The number of hydrogen-bond donors (Lipinski definition) is 1. The number of ether oxygens (including phenoxy) is 2. The zero-order chi connectivity index (χ0) is 17.1. The van der Waals surface area contributed by atoms with Gasteiger partial charge in [0, 0.05) is 0 Å². The smallest absolute Gasteiger partial charge is 0.402 e. The fraction of sp³-hybridized carbons (Fsp3) is 0.571. The van der Waals surface area contributed by atoms with Crippen molar-refractivity contribution in [3.05, 3.63) is 23.8 Å². The molecule has 1 heterocycles. The Balaban J connectivity index is 2.19. The molecule has 1 saturated heterocycles. The van der Waals surface area contributed by atoms with Gasteiger partial charge >= 0.3 is 12.7 Å². The van der Waals surface area contributed by atoms with Crippen molar-refractivity contribution >= 4 is 0 Å². The van der Waals surface area contributed by atoms with Crippen LogP contribution in [-0.2, 0) is 6.42 Å². The molecule has 0 aromatic heterocycles. The average Bonchev–Trinajstić information content (AvgIpc) is 2.40. The second-order valence-corrected chi connectivity index (χ2v) is 5.27. The molecule has 9 heteroatoms. The highest BCUT2D eigenvalue weighted by molar-refractivity contribution is 5.43. The van der Waals surface area contributed by atoms with Gasteiger partial charge in [0.25, 0.3) is 0 Å². The average molecular weight is 343 g/mol. The van der Waals surface area contributed by atoms with Crippen LogP contribution in [0, 0.1) is 5.92 Å². The lowest BCUT2D eigenvalue weighted by Crippen LogP contribution is -2.28. The molecular formula is C14H15F6NO2. The summed E-state index contributed by atoms with van der Waals surface area (Å²) in [5.41, 5.74) is 0.477. The lowest BCUT2D eigenvalue weighted by molar-refractivity contribution is -0.287. The number of alkyl halides is 6. The fourth-order valence-corrected chi connectivity index (χ4v) is 2.51. The number of hydrogen-bond acceptors (Lipinski definition) is 3. The second kappa shape index (κ2) is 6.86. The van der Waals surface area contributed by atoms with Crippen LogP contribution in [0.2, 0.25) is 0 Å². The first-order chi connectivity index (χ1) is 10.6. The van der Waals surface area contributed by atoms with E-state index < -0.39 is 24.2 Å². The van der Waals surface area contributed by atoms with Gasteiger partial charge in [0.15, 0.2) is 11.5 Å². The molecule has 23 heavy (non-hydrogen) atoms. The van der Waals surface area contributed by atoms with Gasteiger partial charge in [-0.15, -0.1) is 26.3 Å². The van der Waals surface area contributed by atoms with Crippen LogP contribution in [0.15, 0.2) is 18.2 Å². The molecular weight excluding hydrogens is 328 g/mol. The Labute approximate surface area is 128 Å². The summed E-state index contributed by atoms with van der Waals surface area (Å²) < 4.78 is 81.2. The van der Waals surface area contributed by atoms with Crippen LogP contribution in [0.5, 0.6) is 11.5 Å². The third kappa shape index (κ3) is 6.17. The van der Waals surface area contributed by atoms with Gasteiger partial charge in [0.05, 0.1) is 0 Å². The van der Waals surface area contributed by atoms with Crippen molar-refractivity contribution in [2.75, 3.05) is 13.1 Å². The van der Waals surface area contributed by atoms with Crippen molar-refractivity contribution in [2.45, 2.75) is 32.0 Å². The maximum Gasteiger partial charge on any atom is 0.573 e. The summed E-state index contributed by atoms with van der Waals surface area (Å²) in [5.74, 6) is -1.73. The highest BCUT2D eigenvalue weighted by atomic mass is 19.4. The molecule has 0 amide bonds. The summed E-state index contributed by atoms with van der Waals surface area (Å²) in [7, 11) is 0. The molecule has 0 bridgehead atoms. The van der Waals surface area contributed by atoms with E-state index in [4.69, 9.17) is 0 Å². The van der Waals surface area contributed by atoms with Crippen LogP contribution < -0.4 is 14.8 Å². The SMILES string of the molecule is FC(F)(F)Oc1ccc(CC2CCNCC2)cc1OC(F)(F)F. The molecule has 0 radical (unpaired) electrons. The first-order valence-corrected chi connectivity index (χ1v) is 6.97. The quantitative estimate of drug-likeness (QED) is 0.838. The molecule has 1 aliphatic heterocycles. The lowest BCUT2D eigenvalue weighted by Gasteiger charge is -2.23. The Hall–Kier alpha value is -1.64. The molecule has 0 atom stereocenters. The Morgan fingerprint density at radius 1 is 0.913 bits per heavy atom. The third-order valence-electron chi connectivity index (χ3n) is 3.44. The molecule has 1 aromatic rings. The molecule has 130 valence electrons. The van der Waals surface area contributed by atoms with E-state index in [1.54, 1.807) is 0 Å². The highest BCUT2D eigenvalue weighted by Crippen LogP contribution is 2.37. The maximum absolute atomic E-state index is 12.4. The van der Waals surface area contributed by atoms with Crippen LogP contribution in [0.25, 0.3) is 0 Å². The van der Waals surface area contributed by atoms with Crippen molar-refractivity contribution in [3.8, 4) is 11.5 Å². The summed E-state index contributed by atoms with van der Waals surface area (Å²) in [5, 5.41) is 3.16. The molecule has 0 unspecified atom stereocenters. The van der Waals surface area contributed by atoms with Crippen LogP contribution in [0.3, 0.4) is 0 Å². The van der Waals surface area contributed by atoms with E-state index in [1.807, 2.05) is 0 Å². The Morgan fingerprint density at radius 2 is 1.48 bits per heavy atom. The Morgan fingerprint density at radius 3 is 2.04 bits per heavy atom. The van der Waals surface area contributed by atoms with E-state index in [9.17, 15) is 26.3 Å². The van der Waals surface area contributed by atoms with E-state index in [0.29, 0.717) is 12.0 Å². The summed E-state index contributed by atoms with van der Waals surface area (Å²) >= 11 is 0. The van der Waals surface area contributed by atoms with Gasteiger partial charge in [0.1, 0.15) is 0 Å². The number of rotatable bonds is 4. The monoisotopic (exact) mass is 343 g/mol. The van der Waals surface area contributed by atoms with Crippen molar-refractivity contribution < 1.29 is 35.8 Å². The van der Waals surface area contributed by atoms with Crippen molar-refractivity contribution in [1.29, 1.82) is 0 Å². The van der Waals surface area contributed by atoms with Gasteiger partial charge in [-0.3, -0.25) is 0 Å². The minimum absolute atomic E-state index is 0.268. The molecule has 1 N–H and O–H groups in total. The Kier molecular flexibility index (Phi) is 5.28. The first-order valence-electron chi connectivity index (χ1n) is 6.97. The predicted molar refractivity (Wildman–Crippen MR) is 69.1 cm³/mol. The zero-order valence-corrected chi connectivity index (χ0v) is 11.9. The van der Waals surface area contributed by atoms with Crippen LogP contribution in [0.1, 0.15) is 18.4 Å². The van der Waals surface area contributed by atoms with Gasteiger partial charge in [-0.1, -0.05) is 6.07 Å². The minimum Gasteiger partial charge on any atom is -0.402 e. The number of benzene rings is 1. The maximum atomic E-state index is 12.4. The van der Waals surface area contributed by atoms with Crippen molar-refractivity contribution in [1.82, 2.24) is 5.32 Å². The van der Waals surface area contributed by atoms with Crippen molar-refractivity contribution in [3.63, 3.8) is 0 Å². The summed E-state index contributed by atoms with van der Waals surface area (Å²) in [4.78, 5) is 0. The van der Waals surface area contributed by atoms with Gasteiger partial charge in [0.2, 0.25) is 0 Å². The molecule has 2 rings (SSSR count). The molecule has 1 fully saturated rings. The molecule has 0 aliphatic carbocycles. The van der Waals surface area contributed by atoms with E-state index in [2.05, 4.69) is 14.8 Å². The summed E-state index contributed by atoms with van der Waals surface area (Å²) in [6, 6.07) is 3.13. The molecule has 1 aromatic carbocycles.